The Bertz CT molecular complexity index is 1740. The molecule has 0 aliphatic carbocycles. The van der Waals surface area contributed by atoms with Gasteiger partial charge in [0.2, 0.25) is 5.91 Å². The van der Waals surface area contributed by atoms with Crippen LogP contribution in [0.3, 0.4) is 0 Å². The molecule has 0 bridgehead atoms. The molecule has 1 saturated heterocycles. The number of nitrogens with one attached hydrogen (secondary N) is 1. The molecule has 11 nitrogen and oxygen atoms in total. The topological polar surface area (TPSA) is 175 Å². The van der Waals surface area contributed by atoms with E-state index in [0.29, 0.717) is 12.8 Å². The summed E-state index contributed by atoms with van der Waals surface area (Å²) in [4.78, 5) is 26.7. The van der Waals surface area contributed by atoms with Crippen molar-refractivity contribution < 1.29 is 49.3 Å². The number of unbranched alkanes of at least 4 members (excludes halogenated alkanes) is 36. The molecule has 0 saturated carbocycles. The van der Waals surface area contributed by atoms with Gasteiger partial charge < -0.3 is 45.1 Å². The number of aliphatic hydroxyl groups is 5. The summed E-state index contributed by atoms with van der Waals surface area (Å²) in [7, 11) is 0. The maximum absolute atomic E-state index is 13.5. The summed E-state index contributed by atoms with van der Waals surface area (Å²) < 4.78 is 17.7. The first-order valence-corrected chi connectivity index (χ1v) is 36.4. The Kier molecular flexibility index (Phi) is 59.3. The highest BCUT2D eigenvalue weighted by molar-refractivity contribution is 5.80. The van der Waals surface area contributed by atoms with Gasteiger partial charge in [0.15, 0.2) is 12.4 Å². The van der Waals surface area contributed by atoms with E-state index in [4.69, 9.17) is 14.2 Å². The van der Waals surface area contributed by atoms with Gasteiger partial charge in [-0.15, -0.1) is 0 Å². The molecule has 1 aliphatic heterocycles. The summed E-state index contributed by atoms with van der Waals surface area (Å²) in [6.45, 7) is 5.69. The maximum Gasteiger partial charge on any atom is 0.306 e. The van der Waals surface area contributed by atoms with Crippen molar-refractivity contribution in [1.82, 2.24) is 5.32 Å². The highest BCUT2D eigenvalue weighted by Crippen LogP contribution is 2.26. The third-order valence-electron chi connectivity index (χ3n) is 16.8. The van der Waals surface area contributed by atoms with Crippen molar-refractivity contribution in [3.8, 4) is 0 Å². The van der Waals surface area contributed by atoms with E-state index in [2.05, 4.69) is 99.0 Å². The van der Waals surface area contributed by atoms with E-state index in [1.54, 1.807) is 6.08 Å². The number of carbonyl (C=O) groups is 2. The van der Waals surface area contributed by atoms with Crippen LogP contribution < -0.4 is 5.32 Å². The van der Waals surface area contributed by atoms with E-state index in [1.807, 2.05) is 6.08 Å². The van der Waals surface area contributed by atoms with Crippen LogP contribution >= 0.6 is 0 Å². The van der Waals surface area contributed by atoms with Gasteiger partial charge in [-0.2, -0.15) is 0 Å². The summed E-state index contributed by atoms with van der Waals surface area (Å²) in [6, 6.07) is -1.04. The standard InChI is InChI=1S/C76H135NO10/c1-4-7-10-13-16-19-22-25-27-29-31-32-33-34-35-36-37-39-40-42-45-48-51-54-57-60-63-69(80)75(84)77-67(68(79)62-59-56-53-50-47-44-24-21-18-15-12-9-6-3)66-85-76-74(73(83)72(82)70(65-78)86-76)87-71(81)64-61-58-55-52-49-46-43-41-38-30-28-26-23-20-17-14-11-8-5-2/h8,11,17,20,25-28,38,41,46,49,59,62,67-70,72-74,76,78-80,82-83H,4-7,9-10,12-16,18-19,21-24,29-37,39-40,42-45,47-48,50-58,60-61,63-66H2,1-3H3,(H,77,84)/b11-8-,20-17-,27-25+,28-26-,41-38-,49-46-,62-59+. The van der Waals surface area contributed by atoms with Crippen LogP contribution in [-0.2, 0) is 23.8 Å². The molecule has 6 N–H and O–H groups in total. The fraction of sp³-hybridized carbons (Fsp3) is 0.789. The van der Waals surface area contributed by atoms with Crippen LogP contribution in [0.5, 0.6) is 0 Å². The van der Waals surface area contributed by atoms with Crippen molar-refractivity contribution in [1.29, 1.82) is 0 Å². The Balaban J connectivity index is 2.58. The fourth-order valence-electron chi connectivity index (χ4n) is 11.1. The highest BCUT2D eigenvalue weighted by Gasteiger charge is 2.47. The van der Waals surface area contributed by atoms with Crippen molar-refractivity contribution in [3.63, 3.8) is 0 Å². The Morgan fingerprint density at radius 2 is 0.828 bits per heavy atom. The summed E-state index contributed by atoms with van der Waals surface area (Å²) in [6.07, 6.45) is 73.4. The first-order valence-electron chi connectivity index (χ1n) is 36.4. The van der Waals surface area contributed by atoms with Crippen LogP contribution in [0.1, 0.15) is 323 Å². The van der Waals surface area contributed by atoms with Gasteiger partial charge in [-0.1, -0.05) is 305 Å². The second-order valence-electron chi connectivity index (χ2n) is 24.9. The van der Waals surface area contributed by atoms with Crippen LogP contribution in [0.4, 0.5) is 0 Å². The van der Waals surface area contributed by atoms with E-state index in [9.17, 15) is 35.1 Å². The zero-order chi connectivity index (χ0) is 63.1. The minimum absolute atomic E-state index is 0.0823. The van der Waals surface area contributed by atoms with Gasteiger partial charge in [0, 0.05) is 6.42 Å². The number of aliphatic hydroxyl groups excluding tert-OH is 5. The predicted molar refractivity (Wildman–Crippen MR) is 366 cm³/mol. The summed E-state index contributed by atoms with van der Waals surface area (Å²) in [5.41, 5.74) is 0. The molecule has 1 aliphatic rings. The normalized spacial score (nSPS) is 18.7. The largest absolute Gasteiger partial charge is 0.454 e. The number of hydrogen-bond donors (Lipinski definition) is 6. The molecular formula is C76H135NO10. The Hall–Kier alpha value is -3.16. The minimum Gasteiger partial charge on any atom is -0.454 e. The van der Waals surface area contributed by atoms with Crippen molar-refractivity contribution in [3.05, 3.63) is 85.1 Å². The molecule has 11 heteroatoms. The van der Waals surface area contributed by atoms with Crippen LogP contribution in [-0.4, -0.2) is 99.6 Å². The van der Waals surface area contributed by atoms with Crippen molar-refractivity contribution in [2.24, 2.45) is 0 Å². The minimum atomic E-state index is -1.63. The fourth-order valence-corrected chi connectivity index (χ4v) is 11.1. The van der Waals surface area contributed by atoms with Gasteiger partial charge in [-0.25, -0.2) is 0 Å². The molecule has 504 valence electrons. The van der Waals surface area contributed by atoms with Crippen LogP contribution in [0.2, 0.25) is 0 Å². The van der Waals surface area contributed by atoms with Crippen LogP contribution in [0.25, 0.3) is 0 Å². The van der Waals surface area contributed by atoms with Gasteiger partial charge in [0.1, 0.15) is 24.4 Å². The third kappa shape index (κ3) is 50.2. The lowest BCUT2D eigenvalue weighted by Gasteiger charge is -2.41. The smallest absolute Gasteiger partial charge is 0.306 e. The second-order valence-corrected chi connectivity index (χ2v) is 24.9. The summed E-state index contributed by atoms with van der Waals surface area (Å²) in [5, 5.41) is 57.3. The number of allylic oxidation sites excluding steroid dienone is 13. The zero-order valence-corrected chi connectivity index (χ0v) is 56.1. The van der Waals surface area contributed by atoms with E-state index in [-0.39, 0.29) is 19.4 Å². The van der Waals surface area contributed by atoms with Crippen molar-refractivity contribution in [2.45, 2.75) is 372 Å². The molecule has 87 heavy (non-hydrogen) atoms. The second kappa shape index (κ2) is 63.0. The first-order chi connectivity index (χ1) is 42.7. The SMILES string of the molecule is CC/C=C\C/C=C\C/C=C\C/C=C\C/C=C\CCCCCC(=O)OC1C(OCC(NC(=O)C(O)CCCCCCCCCCCCCCCCCC/C=C/CCCCCCCC)C(O)/C=C/CCCCCCCCCCCCC)OC(CO)C(O)C1O. The van der Waals surface area contributed by atoms with E-state index >= 15 is 0 Å². The number of ether oxygens (including phenoxy) is 3. The Labute approximate surface area is 533 Å². The highest BCUT2D eigenvalue weighted by atomic mass is 16.7. The average Bonchev–Trinajstić information content (AvgIpc) is 2.51. The molecule has 0 aromatic heterocycles. The molecule has 1 heterocycles. The van der Waals surface area contributed by atoms with Gasteiger partial charge in [-0.05, 0) is 96.3 Å². The number of hydrogen-bond acceptors (Lipinski definition) is 10. The van der Waals surface area contributed by atoms with Crippen LogP contribution in [0, 0.1) is 0 Å². The molecule has 0 radical (unpaired) electrons. The van der Waals surface area contributed by atoms with Gasteiger partial charge in [0.25, 0.3) is 0 Å². The third-order valence-corrected chi connectivity index (χ3v) is 16.8. The quantitative estimate of drug-likeness (QED) is 0.0195. The predicted octanol–water partition coefficient (Wildman–Crippen LogP) is 18.8. The number of rotatable bonds is 62. The van der Waals surface area contributed by atoms with Crippen molar-refractivity contribution in [2.75, 3.05) is 13.2 Å². The number of amides is 1. The molecule has 1 amide bonds. The van der Waals surface area contributed by atoms with Gasteiger partial charge >= 0.3 is 5.97 Å². The lowest BCUT2D eigenvalue weighted by molar-refractivity contribution is -0.305. The molecule has 0 aromatic carbocycles. The molecule has 1 rings (SSSR count). The molecule has 1 fully saturated rings. The zero-order valence-electron chi connectivity index (χ0n) is 56.1. The molecule has 8 atom stereocenters. The average molecular weight is 1220 g/mol. The number of carbonyl (C=O) groups excluding carboxylic acids is 2. The van der Waals surface area contributed by atoms with Gasteiger partial charge in [0.05, 0.1) is 25.4 Å². The van der Waals surface area contributed by atoms with E-state index in [0.717, 1.165) is 89.9 Å². The summed E-state index contributed by atoms with van der Waals surface area (Å²) >= 11 is 0. The van der Waals surface area contributed by atoms with E-state index < -0.39 is 67.4 Å². The molecule has 0 aromatic rings. The Morgan fingerprint density at radius 1 is 0.460 bits per heavy atom. The maximum atomic E-state index is 13.5. The summed E-state index contributed by atoms with van der Waals surface area (Å²) in [5.74, 6) is -1.22. The van der Waals surface area contributed by atoms with E-state index in [1.165, 1.54) is 186 Å². The molecular weight excluding hydrogens is 1090 g/mol. The molecule has 8 unspecified atom stereocenters. The first kappa shape index (κ1) is 81.9. The Morgan fingerprint density at radius 3 is 1.25 bits per heavy atom. The van der Waals surface area contributed by atoms with Crippen LogP contribution in [0.15, 0.2) is 85.1 Å². The number of esters is 1. The van der Waals surface area contributed by atoms with Gasteiger partial charge in [-0.3, -0.25) is 9.59 Å². The molecule has 0 spiro atoms. The monoisotopic (exact) mass is 1220 g/mol. The lowest BCUT2D eigenvalue weighted by Crippen LogP contribution is -2.61. The lowest BCUT2D eigenvalue weighted by atomic mass is 9.99. The van der Waals surface area contributed by atoms with Crippen molar-refractivity contribution >= 4 is 11.9 Å².